The van der Waals surface area contributed by atoms with Crippen molar-refractivity contribution < 1.29 is 13.9 Å². The van der Waals surface area contributed by atoms with E-state index in [9.17, 15) is 9.18 Å². The molecule has 1 unspecified atom stereocenters. The van der Waals surface area contributed by atoms with Crippen molar-refractivity contribution in [3.05, 3.63) is 71.7 Å². The van der Waals surface area contributed by atoms with Gasteiger partial charge in [0.05, 0.1) is 13.2 Å². The number of carbonyl (C=O) groups is 1. The Hall–Kier alpha value is -2.66. The van der Waals surface area contributed by atoms with E-state index in [0.29, 0.717) is 25.4 Å². The molecule has 3 aromatic rings. The summed E-state index contributed by atoms with van der Waals surface area (Å²) in [6, 6.07) is 15.9. The molecule has 4 nitrogen and oxygen atoms in total. The van der Waals surface area contributed by atoms with E-state index in [2.05, 4.69) is 4.98 Å². The average Bonchev–Trinajstić information content (AvgIpc) is 3.06. The van der Waals surface area contributed by atoms with Crippen LogP contribution < -0.4 is 0 Å². The zero-order chi connectivity index (χ0) is 16.5. The first-order chi connectivity index (χ1) is 11.7. The van der Waals surface area contributed by atoms with Crippen LogP contribution in [-0.4, -0.2) is 35.5 Å². The maximum atomic E-state index is 13.1. The Balaban J connectivity index is 1.54. The van der Waals surface area contributed by atoms with Gasteiger partial charge in [-0.3, -0.25) is 4.79 Å². The lowest BCUT2D eigenvalue weighted by atomic mass is 10.1. The summed E-state index contributed by atoms with van der Waals surface area (Å²) < 4.78 is 18.8. The van der Waals surface area contributed by atoms with Gasteiger partial charge in [-0.2, -0.15) is 0 Å². The van der Waals surface area contributed by atoms with Gasteiger partial charge in [-0.05, 0) is 29.8 Å². The molecule has 5 heteroatoms. The van der Waals surface area contributed by atoms with Gasteiger partial charge in [-0.15, -0.1) is 0 Å². The molecule has 1 saturated heterocycles. The van der Waals surface area contributed by atoms with Gasteiger partial charge in [0, 0.05) is 17.4 Å². The largest absolute Gasteiger partial charge is 0.370 e. The van der Waals surface area contributed by atoms with Crippen LogP contribution in [0.2, 0.25) is 0 Å². The number of para-hydroxylation sites is 1. The average molecular weight is 324 g/mol. The maximum absolute atomic E-state index is 13.1. The molecule has 1 aliphatic rings. The molecule has 0 spiro atoms. The molecule has 1 N–H and O–H groups in total. The number of hydrogen-bond donors (Lipinski definition) is 1. The summed E-state index contributed by atoms with van der Waals surface area (Å²) in [5.74, 6) is -0.317. The number of nitrogens with zero attached hydrogens (tertiary/aromatic N) is 1. The van der Waals surface area contributed by atoms with E-state index in [0.717, 1.165) is 16.5 Å². The number of morpholine rings is 1. The summed E-state index contributed by atoms with van der Waals surface area (Å²) in [6.45, 7) is 1.47. The van der Waals surface area contributed by atoms with Gasteiger partial charge in [0.1, 0.15) is 17.6 Å². The fourth-order valence-electron chi connectivity index (χ4n) is 3.07. The highest BCUT2D eigenvalue weighted by molar-refractivity contribution is 5.98. The number of H-pyrrole nitrogens is 1. The molecular weight excluding hydrogens is 307 g/mol. The highest BCUT2D eigenvalue weighted by atomic mass is 19.1. The summed E-state index contributed by atoms with van der Waals surface area (Å²) in [7, 11) is 0. The number of fused-ring (bicyclic) bond motifs is 1. The van der Waals surface area contributed by atoms with Crippen molar-refractivity contribution in [2.45, 2.75) is 6.10 Å². The molecule has 1 atom stereocenters. The van der Waals surface area contributed by atoms with Crippen molar-refractivity contribution in [2.24, 2.45) is 0 Å². The summed E-state index contributed by atoms with van der Waals surface area (Å²) in [5.41, 5.74) is 2.41. The number of carbonyl (C=O) groups excluding carboxylic acids is 1. The zero-order valence-electron chi connectivity index (χ0n) is 13.0. The summed E-state index contributed by atoms with van der Waals surface area (Å²) in [5, 5.41) is 1.02. The van der Waals surface area contributed by atoms with Crippen molar-refractivity contribution in [1.82, 2.24) is 9.88 Å². The van der Waals surface area contributed by atoms with E-state index < -0.39 is 0 Å². The number of benzene rings is 2. The van der Waals surface area contributed by atoms with E-state index in [4.69, 9.17) is 4.74 Å². The normalized spacial score (nSPS) is 18.0. The minimum Gasteiger partial charge on any atom is -0.370 e. The summed E-state index contributed by atoms with van der Waals surface area (Å²) in [6.07, 6.45) is -0.229. The third-order valence-electron chi connectivity index (χ3n) is 4.36. The second kappa shape index (κ2) is 6.09. The molecule has 24 heavy (non-hydrogen) atoms. The first-order valence-corrected chi connectivity index (χ1v) is 7.95. The number of aromatic nitrogens is 1. The number of nitrogens with one attached hydrogen (secondary N) is 1. The molecule has 122 valence electrons. The molecule has 0 radical (unpaired) electrons. The van der Waals surface area contributed by atoms with Gasteiger partial charge in [0.2, 0.25) is 0 Å². The van der Waals surface area contributed by atoms with E-state index in [-0.39, 0.29) is 17.8 Å². The number of halogens is 1. The lowest BCUT2D eigenvalue weighted by molar-refractivity contribution is -0.0230. The smallest absolute Gasteiger partial charge is 0.270 e. The summed E-state index contributed by atoms with van der Waals surface area (Å²) in [4.78, 5) is 17.7. The second-order valence-corrected chi connectivity index (χ2v) is 5.93. The van der Waals surface area contributed by atoms with Crippen LogP contribution in [-0.2, 0) is 4.74 Å². The molecule has 0 bridgehead atoms. The highest BCUT2D eigenvalue weighted by Crippen LogP contribution is 2.24. The number of aromatic amines is 1. The Bertz CT molecular complexity index is 839. The number of rotatable bonds is 2. The third kappa shape index (κ3) is 2.78. The van der Waals surface area contributed by atoms with E-state index >= 15 is 0 Å². The van der Waals surface area contributed by atoms with Crippen LogP contribution in [0.1, 0.15) is 22.2 Å². The van der Waals surface area contributed by atoms with Crippen LogP contribution in [0.5, 0.6) is 0 Å². The molecule has 0 saturated carbocycles. The lowest BCUT2D eigenvalue weighted by Crippen LogP contribution is -2.42. The van der Waals surface area contributed by atoms with Crippen molar-refractivity contribution in [2.75, 3.05) is 19.7 Å². The van der Waals surface area contributed by atoms with Crippen molar-refractivity contribution in [3.8, 4) is 0 Å². The highest BCUT2D eigenvalue weighted by Gasteiger charge is 2.27. The predicted octanol–water partition coefficient (Wildman–Crippen LogP) is 3.52. The Kier molecular flexibility index (Phi) is 3.78. The van der Waals surface area contributed by atoms with E-state index in [1.165, 1.54) is 12.1 Å². The number of ether oxygens (including phenoxy) is 1. The lowest BCUT2D eigenvalue weighted by Gasteiger charge is -2.33. The minimum atomic E-state index is -0.277. The quantitative estimate of drug-likeness (QED) is 0.784. The molecule has 4 rings (SSSR count). The van der Waals surface area contributed by atoms with Gasteiger partial charge >= 0.3 is 0 Å². The van der Waals surface area contributed by atoms with Gasteiger partial charge in [-0.1, -0.05) is 30.3 Å². The first kappa shape index (κ1) is 14.9. The Morgan fingerprint density at radius 2 is 1.96 bits per heavy atom. The maximum Gasteiger partial charge on any atom is 0.270 e. The summed E-state index contributed by atoms with van der Waals surface area (Å²) >= 11 is 0. The second-order valence-electron chi connectivity index (χ2n) is 5.93. The number of hydrogen-bond acceptors (Lipinski definition) is 2. The molecule has 1 aromatic heterocycles. The topological polar surface area (TPSA) is 45.3 Å². The van der Waals surface area contributed by atoms with Crippen molar-refractivity contribution in [1.29, 1.82) is 0 Å². The predicted molar refractivity (Wildman–Crippen MR) is 89.3 cm³/mol. The molecule has 1 aliphatic heterocycles. The Labute approximate surface area is 138 Å². The van der Waals surface area contributed by atoms with Crippen LogP contribution in [0.15, 0.2) is 54.6 Å². The molecule has 0 aliphatic carbocycles. The SMILES string of the molecule is O=C(c1cc2ccccc2[nH]1)N1CCOC(c2ccc(F)cc2)C1. The Morgan fingerprint density at radius 3 is 2.75 bits per heavy atom. The zero-order valence-corrected chi connectivity index (χ0v) is 13.0. The third-order valence-corrected chi connectivity index (χ3v) is 4.36. The van der Waals surface area contributed by atoms with Crippen LogP contribution in [0, 0.1) is 5.82 Å². The van der Waals surface area contributed by atoms with Gasteiger partial charge < -0.3 is 14.6 Å². The fraction of sp³-hybridized carbons (Fsp3) is 0.211. The molecular formula is C19H17FN2O2. The van der Waals surface area contributed by atoms with Crippen LogP contribution in [0.4, 0.5) is 4.39 Å². The monoisotopic (exact) mass is 324 g/mol. The fourth-order valence-corrected chi connectivity index (χ4v) is 3.07. The van der Waals surface area contributed by atoms with Crippen molar-refractivity contribution in [3.63, 3.8) is 0 Å². The van der Waals surface area contributed by atoms with Gasteiger partial charge in [0.15, 0.2) is 0 Å². The van der Waals surface area contributed by atoms with Crippen LogP contribution in [0.3, 0.4) is 0 Å². The van der Waals surface area contributed by atoms with Crippen LogP contribution >= 0.6 is 0 Å². The van der Waals surface area contributed by atoms with Crippen LogP contribution in [0.25, 0.3) is 10.9 Å². The van der Waals surface area contributed by atoms with Gasteiger partial charge in [-0.25, -0.2) is 4.39 Å². The molecule has 1 amide bonds. The van der Waals surface area contributed by atoms with E-state index in [1.807, 2.05) is 30.3 Å². The standard InChI is InChI=1S/C19H17FN2O2/c20-15-7-5-13(6-8-15)18-12-22(9-10-24-18)19(23)17-11-14-3-1-2-4-16(14)21-17/h1-8,11,18,21H,9-10,12H2. The number of amides is 1. The Morgan fingerprint density at radius 1 is 1.17 bits per heavy atom. The van der Waals surface area contributed by atoms with E-state index in [1.54, 1.807) is 17.0 Å². The van der Waals surface area contributed by atoms with Gasteiger partial charge in [0.25, 0.3) is 5.91 Å². The molecule has 2 aromatic carbocycles. The van der Waals surface area contributed by atoms with Crippen molar-refractivity contribution >= 4 is 16.8 Å². The molecule has 1 fully saturated rings. The first-order valence-electron chi connectivity index (χ1n) is 7.95. The molecule has 2 heterocycles. The minimum absolute atomic E-state index is 0.0402.